The molecule has 5 rings (SSSR count). The zero-order valence-electron chi connectivity index (χ0n) is 15.0. The molecular formula is C19H22N4O4. The minimum Gasteiger partial charge on any atom is -0.356 e. The average molecular weight is 370 g/mol. The molecule has 8 nitrogen and oxygen atoms in total. The summed E-state index contributed by atoms with van der Waals surface area (Å²) in [6.07, 6.45) is 0.651. The minimum atomic E-state index is -0.576. The van der Waals surface area contributed by atoms with E-state index >= 15 is 0 Å². The van der Waals surface area contributed by atoms with Crippen molar-refractivity contribution < 1.29 is 19.1 Å². The first-order chi connectivity index (χ1) is 13.1. The summed E-state index contributed by atoms with van der Waals surface area (Å²) in [5.74, 6) is -0.757. The summed E-state index contributed by atoms with van der Waals surface area (Å²) in [6.45, 7) is 4.22. The van der Waals surface area contributed by atoms with Crippen LogP contribution in [0.25, 0.3) is 0 Å². The van der Waals surface area contributed by atoms with Gasteiger partial charge in [-0.15, -0.1) is 0 Å². The van der Waals surface area contributed by atoms with Gasteiger partial charge in [0.25, 0.3) is 5.91 Å². The molecule has 3 saturated heterocycles. The molecule has 0 aromatic heterocycles. The predicted molar refractivity (Wildman–Crippen MR) is 94.4 cm³/mol. The Labute approximate surface area is 156 Å². The van der Waals surface area contributed by atoms with Gasteiger partial charge in [0.05, 0.1) is 6.61 Å². The Balaban J connectivity index is 1.40. The molecule has 0 bridgehead atoms. The maximum atomic E-state index is 13.2. The van der Waals surface area contributed by atoms with Crippen molar-refractivity contribution in [2.75, 3.05) is 26.2 Å². The molecule has 1 aromatic rings. The van der Waals surface area contributed by atoms with Gasteiger partial charge in [-0.25, -0.2) is 0 Å². The Morgan fingerprint density at radius 2 is 2.07 bits per heavy atom. The molecule has 1 atom stereocenters. The number of amides is 3. The number of carbonyl (C=O) groups is 3. The van der Waals surface area contributed by atoms with Gasteiger partial charge in [-0.1, -0.05) is 18.2 Å². The standard InChI is InChI=1S/C19H22N4O4/c24-15-5-4-14(17(25)21-15)23-9-13-3-1-2-12(16(13)18(23)26)8-22-6-7-27-19(22)10-20-11-19/h1-3,14,20H,4-11H2,(H,21,24,25). The van der Waals surface area contributed by atoms with Gasteiger partial charge in [-0.3, -0.25) is 24.6 Å². The lowest BCUT2D eigenvalue weighted by Gasteiger charge is -2.44. The molecule has 4 heterocycles. The largest absolute Gasteiger partial charge is 0.356 e. The first kappa shape index (κ1) is 16.9. The Morgan fingerprint density at radius 3 is 2.81 bits per heavy atom. The molecule has 2 N–H and O–H groups in total. The van der Waals surface area contributed by atoms with Gasteiger partial charge in [0.15, 0.2) is 0 Å². The van der Waals surface area contributed by atoms with Gasteiger partial charge in [0.1, 0.15) is 11.8 Å². The lowest BCUT2D eigenvalue weighted by molar-refractivity contribution is -0.136. The second kappa shape index (κ2) is 6.12. The van der Waals surface area contributed by atoms with Gasteiger partial charge < -0.3 is 15.0 Å². The van der Waals surface area contributed by atoms with Crippen LogP contribution in [0.3, 0.4) is 0 Å². The number of nitrogens with one attached hydrogen (secondary N) is 2. The Hall–Kier alpha value is -2.29. The number of ether oxygens (including phenoxy) is 1. The van der Waals surface area contributed by atoms with Crippen LogP contribution in [0.4, 0.5) is 0 Å². The molecule has 4 aliphatic rings. The van der Waals surface area contributed by atoms with E-state index in [2.05, 4.69) is 15.5 Å². The van der Waals surface area contributed by atoms with Crippen LogP contribution in [0.2, 0.25) is 0 Å². The van der Waals surface area contributed by atoms with E-state index in [9.17, 15) is 14.4 Å². The Bertz CT molecular complexity index is 835. The van der Waals surface area contributed by atoms with Crippen molar-refractivity contribution >= 4 is 17.7 Å². The first-order valence-electron chi connectivity index (χ1n) is 9.43. The topological polar surface area (TPSA) is 91.0 Å². The van der Waals surface area contributed by atoms with Crippen molar-refractivity contribution in [2.45, 2.75) is 37.7 Å². The van der Waals surface area contributed by atoms with Crippen LogP contribution >= 0.6 is 0 Å². The van der Waals surface area contributed by atoms with Crippen LogP contribution in [0, 0.1) is 0 Å². The fourth-order valence-electron chi connectivity index (χ4n) is 4.56. The number of fused-ring (bicyclic) bond motifs is 1. The van der Waals surface area contributed by atoms with Crippen molar-refractivity contribution in [3.8, 4) is 0 Å². The molecule has 0 saturated carbocycles. The number of benzene rings is 1. The maximum absolute atomic E-state index is 13.2. The van der Waals surface area contributed by atoms with Crippen LogP contribution in [-0.2, 0) is 27.4 Å². The highest BCUT2D eigenvalue weighted by Gasteiger charge is 2.48. The first-order valence-corrected chi connectivity index (χ1v) is 9.43. The number of carbonyl (C=O) groups excluding carboxylic acids is 3. The lowest BCUT2D eigenvalue weighted by atomic mass is 10.00. The van der Waals surface area contributed by atoms with Crippen molar-refractivity contribution in [2.24, 2.45) is 0 Å². The molecular weight excluding hydrogens is 348 g/mol. The predicted octanol–water partition coefficient (Wildman–Crippen LogP) is -0.421. The van der Waals surface area contributed by atoms with Crippen LogP contribution in [-0.4, -0.2) is 65.5 Å². The SMILES string of the molecule is O=C1CCC(N2Cc3cccc(CN4CCOC45CNC5)c3C2=O)C(=O)N1. The van der Waals surface area contributed by atoms with Crippen LogP contribution in [0.1, 0.15) is 34.3 Å². The van der Waals surface area contributed by atoms with Gasteiger partial charge in [0, 0.05) is 44.7 Å². The molecule has 1 spiro atoms. The zero-order valence-corrected chi connectivity index (χ0v) is 15.0. The Kier molecular flexibility index (Phi) is 3.82. The highest BCUT2D eigenvalue weighted by atomic mass is 16.5. The van der Waals surface area contributed by atoms with E-state index in [-0.39, 0.29) is 29.9 Å². The lowest BCUT2D eigenvalue weighted by Crippen LogP contribution is -2.66. The highest BCUT2D eigenvalue weighted by molar-refractivity contribution is 6.05. The van der Waals surface area contributed by atoms with Gasteiger partial charge in [-0.2, -0.15) is 0 Å². The van der Waals surface area contributed by atoms with Crippen LogP contribution in [0.15, 0.2) is 18.2 Å². The molecule has 0 radical (unpaired) electrons. The maximum Gasteiger partial charge on any atom is 0.255 e. The quantitative estimate of drug-likeness (QED) is 0.703. The van der Waals surface area contributed by atoms with Gasteiger partial charge in [0.2, 0.25) is 11.8 Å². The van der Waals surface area contributed by atoms with Crippen molar-refractivity contribution in [1.29, 1.82) is 0 Å². The van der Waals surface area contributed by atoms with Gasteiger partial charge >= 0.3 is 0 Å². The molecule has 0 aliphatic carbocycles. The molecule has 27 heavy (non-hydrogen) atoms. The highest BCUT2D eigenvalue weighted by Crippen LogP contribution is 2.33. The third kappa shape index (κ3) is 2.59. The summed E-state index contributed by atoms with van der Waals surface area (Å²) >= 11 is 0. The zero-order chi connectivity index (χ0) is 18.6. The van der Waals surface area contributed by atoms with Crippen molar-refractivity contribution in [3.63, 3.8) is 0 Å². The second-order valence-corrected chi connectivity index (χ2v) is 7.67. The third-order valence-corrected chi connectivity index (χ3v) is 6.11. The van der Waals surface area contributed by atoms with E-state index in [0.717, 1.165) is 30.8 Å². The van der Waals surface area contributed by atoms with Crippen LogP contribution < -0.4 is 10.6 Å². The third-order valence-electron chi connectivity index (χ3n) is 6.11. The summed E-state index contributed by atoms with van der Waals surface area (Å²) < 4.78 is 5.93. The number of hydrogen-bond acceptors (Lipinski definition) is 6. The number of imide groups is 1. The molecule has 8 heteroatoms. The summed E-state index contributed by atoms with van der Waals surface area (Å²) in [6, 6.07) is 5.33. The van der Waals surface area contributed by atoms with E-state index in [1.807, 2.05) is 18.2 Å². The van der Waals surface area contributed by atoms with Crippen molar-refractivity contribution in [1.82, 2.24) is 20.4 Å². The fraction of sp³-hybridized carbons (Fsp3) is 0.526. The monoisotopic (exact) mass is 370 g/mol. The summed E-state index contributed by atoms with van der Waals surface area (Å²) in [4.78, 5) is 40.7. The molecule has 1 aromatic carbocycles. The minimum absolute atomic E-state index is 0.115. The fourth-order valence-corrected chi connectivity index (χ4v) is 4.56. The Morgan fingerprint density at radius 1 is 1.22 bits per heavy atom. The normalized spacial score (nSPS) is 27.0. The van der Waals surface area contributed by atoms with E-state index in [4.69, 9.17) is 4.74 Å². The summed E-state index contributed by atoms with van der Waals surface area (Å²) in [5, 5.41) is 5.61. The smallest absolute Gasteiger partial charge is 0.255 e. The number of nitrogens with zero attached hydrogens (tertiary/aromatic N) is 2. The van der Waals surface area contributed by atoms with Crippen molar-refractivity contribution in [3.05, 3.63) is 34.9 Å². The van der Waals surface area contributed by atoms with E-state index < -0.39 is 6.04 Å². The molecule has 3 amide bonds. The number of piperidine rings is 1. The van der Waals surface area contributed by atoms with E-state index in [1.165, 1.54) is 0 Å². The van der Waals surface area contributed by atoms with Gasteiger partial charge in [-0.05, 0) is 17.5 Å². The summed E-state index contributed by atoms with van der Waals surface area (Å²) in [7, 11) is 0. The molecule has 1 unspecified atom stereocenters. The molecule has 3 fully saturated rings. The van der Waals surface area contributed by atoms with Crippen LogP contribution in [0.5, 0.6) is 0 Å². The number of rotatable bonds is 3. The van der Waals surface area contributed by atoms with E-state index in [0.29, 0.717) is 31.7 Å². The molecule has 4 aliphatic heterocycles. The van der Waals surface area contributed by atoms with E-state index in [1.54, 1.807) is 4.90 Å². The molecule has 142 valence electrons. The second-order valence-electron chi connectivity index (χ2n) is 7.67. The average Bonchev–Trinajstić information content (AvgIpc) is 3.17. The summed E-state index contributed by atoms with van der Waals surface area (Å²) in [5.41, 5.74) is 2.39. The number of hydrogen-bond donors (Lipinski definition) is 2.